The summed E-state index contributed by atoms with van der Waals surface area (Å²) in [6, 6.07) is 0. The van der Waals surface area contributed by atoms with Crippen LogP contribution in [0.3, 0.4) is 0 Å². The molecule has 0 aromatic carbocycles. The maximum absolute atomic E-state index is 5.78. The van der Waals surface area contributed by atoms with Gasteiger partial charge in [-0.15, -0.1) is 11.3 Å². The van der Waals surface area contributed by atoms with E-state index in [0.29, 0.717) is 0 Å². The Balaban J connectivity index is 1.82. The van der Waals surface area contributed by atoms with Gasteiger partial charge >= 0.3 is 0 Å². The second kappa shape index (κ2) is 3.54. The fourth-order valence-corrected chi connectivity index (χ4v) is 5.55. The van der Waals surface area contributed by atoms with Crippen LogP contribution in [-0.2, 0) is 0 Å². The molecule has 0 N–H and O–H groups in total. The molecule has 1 fully saturated rings. The molecule has 2 aliphatic heterocycles. The van der Waals surface area contributed by atoms with Gasteiger partial charge in [-0.2, -0.15) is 0 Å². The van der Waals surface area contributed by atoms with Crippen LogP contribution in [0.25, 0.3) is 0 Å². The van der Waals surface area contributed by atoms with Gasteiger partial charge in [0.25, 0.3) is 0 Å². The molecule has 0 saturated carbocycles. The molecule has 0 atom stereocenters. The van der Waals surface area contributed by atoms with Crippen LogP contribution in [0.1, 0.15) is 0 Å². The SMILES string of the molecule is c1scc2c1OCC1(CO2)CSSC1. The molecule has 14 heavy (non-hydrogen) atoms. The second-order valence-corrected chi connectivity index (χ2v) is 6.91. The topological polar surface area (TPSA) is 18.5 Å². The average Bonchev–Trinajstić information content (AvgIpc) is 2.77. The van der Waals surface area contributed by atoms with Gasteiger partial charge in [0.2, 0.25) is 0 Å². The lowest BCUT2D eigenvalue weighted by Crippen LogP contribution is -2.35. The Bertz CT molecular complexity index is 306. The van der Waals surface area contributed by atoms with Crippen LogP contribution in [0.2, 0.25) is 0 Å². The van der Waals surface area contributed by atoms with Crippen molar-refractivity contribution in [2.24, 2.45) is 5.41 Å². The lowest BCUT2D eigenvalue weighted by Gasteiger charge is -2.23. The number of rotatable bonds is 0. The van der Waals surface area contributed by atoms with E-state index in [1.165, 1.54) is 0 Å². The van der Waals surface area contributed by atoms with Crippen molar-refractivity contribution >= 4 is 32.9 Å². The molecule has 2 nitrogen and oxygen atoms in total. The fourth-order valence-electron chi connectivity index (χ4n) is 1.53. The highest BCUT2D eigenvalue weighted by molar-refractivity contribution is 8.77. The molecule has 0 aliphatic carbocycles. The number of fused-ring (bicyclic) bond motifs is 1. The molecule has 3 heterocycles. The van der Waals surface area contributed by atoms with Crippen molar-refractivity contribution < 1.29 is 9.47 Å². The summed E-state index contributed by atoms with van der Waals surface area (Å²) in [6.07, 6.45) is 0. The minimum atomic E-state index is 0.242. The molecule has 5 heteroatoms. The highest BCUT2D eigenvalue weighted by Crippen LogP contribution is 2.46. The Morgan fingerprint density at radius 3 is 2.14 bits per heavy atom. The zero-order valence-electron chi connectivity index (χ0n) is 7.52. The fraction of sp³-hybridized carbons (Fsp3) is 0.556. The van der Waals surface area contributed by atoms with Crippen molar-refractivity contribution in [2.75, 3.05) is 24.7 Å². The monoisotopic (exact) mass is 246 g/mol. The molecular formula is C9H10O2S3. The van der Waals surface area contributed by atoms with Crippen molar-refractivity contribution in [2.45, 2.75) is 0 Å². The largest absolute Gasteiger partial charge is 0.488 e. The average molecular weight is 246 g/mol. The molecule has 0 amide bonds. The summed E-state index contributed by atoms with van der Waals surface area (Å²) in [7, 11) is 3.86. The summed E-state index contributed by atoms with van der Waals surface area (Å²) < 4.78 is 11.6. The van der Waals surface area contributed by atoms with Gasteiger partial charge in [0.1, 0.15) is 0 Å². The van der Waals surface area contributed by atoms with E-state index in [0.717, 1.165) is 36.2 Å². The van der Waals surface area contributed by atoms with Gasteiger partial charge in [-0.05, 0) is 0 Å². The summed E-state index contributed by atoms with van der Waals surface area (Å²) in [6.45, 7) is 1.60. The third-order valence-corrected chi connectivity index (χ3v) is 6.01. The van der Waals surface area contributed by atoms with Gasteiger partial charge in [-0.1, -0.05) is 21.6 Å². The summed E-state index contributed by atoms with van der Waals surface area (Å²) in [4.78, 5) is 0. The highest BCUT2D eigenvalue weighted by atomic mass is 33.1. The van der Waals surface area contributed by atoms with E-state index in [1.807, 2.05) is 32.3 Å². The van der Waals surface area contributed by atoms with Crippen LogP contribution in [0.15, 0.2) is 10.8 Å². The van der Waals surface area contributed by atoms with Crippen LogP contribution < -0.4 is 9.47 Å². The third-order valence-electron chi connectivity index (χ3n) is 2.47. The molecular weight excluding hydrogens is 236 g/mol. The van der Waals surface area contributed by atoms with E-state index in [-0.39, 0.29) is 5.41 Å². The van der Waals surface area contributed by atoms with Gasteiger partial charge in [-0.25, -0.2) is 0 Å². The maximum atomic E-state index is 5.78. The Kier molecular flexibility index (Phi) is 2.34. The van der Waals surface area contributed by atoms with E-state index in [4.69, 9.17) is 9.47 Å². The molecule has 76 valence electrons. The Hall–Kier alpha value is 0. The van der Waals surface area contributed by atoms with E-state index in [9.17, 15) is 0 Å². The van der Waals surface area contributed by atoms with Crippen molar-refractivity contribution in [3.8, 4) is 11.5 Å². The lowest BCUT2D eigenvalue weighted by atomic mass is 9.96. The van der Waals surface area contributed by atoms with Crippen LogP contribution in [0, 0.1) is 5.41 Å². The van der Waals surface area contributed by atoms with E-state index >= 15 is 0 Å². The molecule has 0 bridgehead atoms. The Morgan fingerprint density at radius 1 is 1.00 bits per heavy atom. The van der Waals surface area contributed by atoms with Crippen molar-refractivity contribution in [1.29, 1.82) is 0 Å². The van der Waals surface area contributed by atoms with Gasteiger partial charge < -0.3 is 9.47 Å². The van der Waals surface area contributed by atoms with Crippen molar-refractivity contribution in [3.63, 3.8) is 0 Å². The molecule has 1 aromatic rings. The summed E-state index contributed by atoms with van der Waals surface area (Å²) in [5.74, 6) is 4.14. The number of hydrogen-bond acceptors (Lipinski definition) is 5. The highest BCUT2D eigenvalue weighted by Gasteiger charge is 2.39. The first-order chi connectivity index (χ1) is 6.88. The Labute approximate surface area is 94.8 Å². The van der Waals surface area contributed by atoms with Crippen LogP contribution in [0.5, 0.6) is 11.5 Å². The first kappa shape index (κ1) is 9.24. The normalized spacial score (nSPS) is 23.7. The van der Waals surface area contributed by atoms with Crippen LogP contribution >= 0.6 is 32.9 Å². The van der Waals surface area contributed by atoms with E-state index < -0.39 is 0 Å². The molecule has 3 rings (SSSR count). The predicted molar refractivity (Wildman–Crippen MR) is 62.7 cm³/mol. The van der Waals surface area contributed by atoms with Gasteiger partial charge in [0.15, 0.2) is 11.5 Å². The third kappa shape index (κ3) is 1.51. The summed E-state index contributed by atoms with van der Waals surface area (Å²) in [5.41, 5.74) is 0.242. The van der Waals surface area contributed by atoms with Crippen molar-refractivity contribution in [3.05, 3.63) is 10.8 Å². The molecule has 2 aliphatic rings. The standard InChI is InChI=1S/C9H10O2S3/c1-7-8(2-12-1)11-4-9(3-10-7)5-13-14-6-9/h1-2H,3-6H2. The minimum Gasteiger partial charge on any atom is -0.488 e. The number of thiophene rings is 1. The molecule has 1 aromatic heterocycles. The summed E-state index contributed by atoms with van der Waals surface area (Å²) in [5, 5.41) is 4.03. The van der Waals surface area contributed by atoms with E-state index in [1.54, 1.807) is 11.3 Å². The molecule has 0 radical (unpaired) electrons. The van der Waals surface area contributed by atoms with Crippen LogP contribution in [0.4, 0.5) is 0 Å². The quantitative estimate of drug-likeness (QED) is 0.655. The predicted octanol–water partition coefficient (Wildman–Crippen LogP) is 2.90. The smallest absolute Gasteiger partial charge is 0.171 e. The molecule has 1 spiro atoms. The second-order valence-electron chi connectivity index (χ2n) is 3.70. The number of ether oxygens (including phenoxy) is 2. The van der Waals surface area contributed by atoms with E-state index in [2.05, 4.69) is 0 Å². The zero-order chi connectivity index (χ0) is 9.43. The summed E-state index contributed by atoms with van der Waals surface area (Å²) >= 11 is 1.64. The van der Waals surface area contributed by atoms with Crippen molar-refractivity contribution in [1.82, 2.24) is 0 Å². The molecule has 1 saturated heterocycles. The first-order valence-electron chi connectivity index (χ1n) is 4.44. The Morgan fingerprint density at radius 2 is 1.57 bits per heavy atom. The molecule has 0 unspecified atom stereocenters. The van der Waals surface area contributed by atoms with Crippen LogP contribution in [-0.4, -0.2) is 24.7 Å². The van der Waals surface area contributed by atoms with Gasteiger partial charge in [0, 0.05) is 22.3 Å². The first-order valence-corrected chi connectivity index (χ1v) is 7.87. The zero-order valence-corrected chi connectivity index (χ0v) is 9.97. The van der Waals surface area contributed by atoms with Gasteiger partial charge in [-0.3, -0.25) is 0 Å². The number of hydrogen-bond donors (Lipinski definition) is 0. The minimum absolute atomic E-state index is 0.242. The maximum Gasteiger partial charge on any atom is 0.171 e. The lowest BCUT2D eigenvalue weighted by molar-refractivity contribution is 0.151. The van der Waals surface area contributed by atoms with Gasteiger partial charge in [0.05, 0.1) is 18.6 Å².